The minimum absolute atomic E-state index is 0.155. The van der Waals surface area contributed by atoms with Crippen LogP contribution in [0.3, 0.4) is 0 Å². The molecule has 1 aliphatic rings. The van der Waals surface area contributed by atoms with Crippen molar-refractivity contribution in [1.29, 1.82) is 0 Å². The molecule has 2 heterocycles. The summed E-state index contributed by atoms with van der Waals surface area (Å²) in [6.45, 7) is 4.03. The van der Waals surface area contributed by atoms with Gasteiger partial charge in [0.05, 0.1) is 6.54 Å². The summed E-state index contributed by atoms with van der Waals surface area (Å²) in [7, 11) is 3.58. The third kappa shape index (κ3) is 4.00. The zero-order chi connectivity index (χ0) is 13.8. The van der Waals surface area contributed by atoms with Gasteiger partial charge in [0.25, 0.3) is 0 Å². The summed E-state index contributed by atoms with van der Waals surface area (Å²) in [6.07, 6.45) is 0. The van der Waals surface area contributed by atoms with E-state index in [-0.39, 0.29) is 5.91 Å². The fourth-order valence-corrected chi connectivity index (χ4v) is 2.23. The number of amides is 1. The first-order valence-electron chi connectivity index (χ1n) is 6.23. The van der Waals surface area contributed by atoms with Crippen molar-refractivity contribution in [3.8, 4) is 0 Å². The third-order valence-electron chi connectivity index (χ3n) is 3.17. The van der Waals surface area contributed by atoms with Crippen LogP contribution in [0.15, 0.2) is 12.1 Å². The number of nitrogens with zero attached hydrogens (tertiary/aromatic N) is 5. The van der Waals surface area contributed by atoms with Crippen LogP contribution >= 0.6 is 22.6 Å². The van der Waals surface area contributed by atoms with Crippen LogP contribution in [0.2, 0.25) is 0 Å². The van der Waals surface area contributed by atoms with Gasteiger partial charge >= 0.3 is 0 Å². The lowest BCUT2D eigenvalue weighted by molar-refractivity contribution is -0.129. The summed E-state index contributed by atoms with van der Waals surface area (Å²) in [5, 5.41) is 8.26. The SMILES string of the molecule is CN(C)C(=O)CN1CCN(c2ccc(I)nn2)CC1. The molecule has 1 fully saturated rings. The molecule has 104 valence electrons. The summed E-state index contributed by atoms with van der Waals surface area (Å²) < 4.78 is 0.900. The Balaban J connectivity index is 1.85. The summed E-state index contributed by atoms with van der Waals surface area (Å²) in [4.78, 5) is 17.7. The highest BCUT2D eigenvalue weighted by molar-refractivity contribution is 14.1. The van der Waals surface area contributed by atoms with Gasteiger partial charge < -0.3 is 9.80 Å². The Morgan fingerprint density at radius 1 is 1.26 bits per heavy atom. The average molecular weight is 375 g/mol. The van der Waals surface area contributed by atoms with Gasteiger partial charge in [-0.25, -0.2) is 0 Å². The number of rotatable bonds is 3. The molecule has 0 spiro atoms. The lowest BCUT2D eigenvalue weighted by atomic mass is 10.3. The van der Waals surface area contributed by atoms with Crippen LogP contribution in [0.1, 0.15) is 0 Å². The maximum atomic E-state index is 11.6. The molecule has 7 heteroatoms. The van der Waals surface area contributed by atoms with Crippen molar-refractivity contribution in [1.82, 2.24) is 20.0 Å². The Morgan fingerprint density at radius 2 is 1.95 bits per heavy atom. The van der Waals surface area contributed by atoms with Gasteiger partial charge in [0.1, 0.15) is 3.70 Å². The van der Waals surface area contributed by atoms with E-state index in [2.05, 4.69) is 42.6 Å². The van der Waals surface area contributed by atoms with Crippen LogP contribution in [0, 0.1) is 3.70 Å². The Labute approximate surface area is 126 Å². The van der Waals surface area contributed by atoms with E-state index in [1.54, 1.807) is 19.0 Å². The number of hydrogen-bond acceptors (Lipinski definition) is 5. The molecule has 1 aromatic heterocycles. The lowest BCUT2D eigenvalue weighted by Crippen LogP contribution is -2.49. The number of halogens is 1. The summed E-state index contributed by atoms with van der Waals surface area (Å²) in [5.74, 6) is 1.07. The summed E-state index contributed by atoms with van der Waals surface area (Å²) >= 11 is 2.15. The molecule has 0 radical (unpaired) electrons. The van der Waals surface area contributed by atoms with Crippen LogP contribution in [-0.4, -0.2) is 72.7 Å². The van der Waals surface area contributed by atoms with Gasteiger partial charge in [-0.2, -0.15) is 0 Å². The van der Waals surface area contributed by atoms with Crippen LogP contribution in [0.5, 0.6) is 0 Å². The largest absolute Gasteiger partial charge is 0.353 e. The average Bonchev–Trinajstić information content (AvgIpc) is 2.40. The van der Waals surface area contributed by atoms with Crippen molar-refractivity contribution in [2.75, 3.05) is 51.7 Å². The number of likely N-dealkylation sites (N-methyl/N-ethyl adjacent to an activating group) is 1. The van der Waals surface area contributed by atoms with Gasteiger partial charge in [0.15, 0.2) is 5.82 Å². The predicted molar refractivity (Wildman–Crippen MR) is 82.1 cm³/mol. The van der Waals surface area contributed by atoms with Gasteiger partial charge in [-0.3, -0.25) is 9.69 Å². The van der Waals surface area contributed by atoms with Crippen molar-refractivity contribution >= 4 is 34.3 Å². The zero-order valence-electron chi connectivity index (χ0n) is 11.2. The fourth-order valence-electron chi connectivity index (χ4n) is 1.95. The van der Waals surface area contributed by atoms with E-state index >= 15 is 0 Å². The molecule has 2 rings (SSSR count). The number of anilines is 1. The molecular formula is C12H18IN5O. The van der Waals surface area contributed by atoms with E-state index in [1.165, 1.54) is 0 Å². The van der Waals surface area contributed by atoms with Crippen LogP contribution < -0.4 is 4.90 Å². The number of carbonyl (C=O) groups excluding carboxylic acids is 1. The molecular weight excluding hydrogens is 357 g/mol. The molecule has 0 saturated carbocycles. The van der Waals surface area contributed by atoms with Crippen LogP contribution in [0.4, 0.5) is 5.82 Å². The van der Waals surface area contributed by atoms with Gasteiger partial charge in [-0.1, -0.05) is 0 Å². The third-order valence-corrected chi connectivity index (χ3v) is 3.75. The molecule has 0 bridgehead atoms. The smallest absolute Gasteiger partial charge is 0.236 e. The van der Waals surface area contributed by atoms with E-state index in [4.69, 9.17) is 0 Å². The maximum Gasteiger partial charge on any atom is 0.236 e. The van der Waals surface area contributed by atoms with E-state index in [0.717, 1.165) is 35.7 Å². The zero-order valence-corrected chi connectivity index (χ0v) is 13.4. The van der Waals surface area contributed by atoms with Crippen LogP contribution in [0.25, 0.3) is 0 Å². The molecule has 0 N–H and O–H groups in total. The molecule has 0 aliphatic carbocycles. The normalized spacial score (nSPS) is 16.5. The van der Waals surface area contributed by atoms with E-state index < -0.39 is 0 Å². The highest BCUT2D eigenvalue weighted by Crippen LogP contribution is 2.13. The fraction of sp³-hybridized carbons (Fsp3) is 0.583. The van der Waals surface area contributed by atoms with Crippen molar-refractivity contribution in [2.45, 2.75) is 0 Å². The quantitative estimate of drug-likeness (QED) is 0.712. The van der Waals surface area contributed by atoms with Crippen molar-refractivity contribution in [2.24, 2.45) is 0 Å². The molecule has 0 unspecified atom stereocenters. The Morgan fingerprint density at radius 3 is 2.47 bits per heavy atom. The van der Waals surface area contributed by atoms with E-state index in [1.807, 2.05) is 12.1 Å². The summed E-state index contributed by atoms with van der Waals surface area (Å²) in [5.41, 5.74) is 0. The number of hydrogen-bond donors (Lipinski definition) is 0. The topological polar surface area (TPSA) is 52.6 Å². The molecule has 6 nitrogen and oxygen atoms in total. The first kappa shape index (κ1) is 14.4. The second-order valence-corrected chi connectivity index (χ2v) is 5.87. The van der Waals surface area contributed by atoms with E-state index in [0.29, 0.717) is 6.54 Å². The molecule has 1 amide bonds. The Hall–Kier alpha value is -0.960. The maximum absolute atomic E-state index is 11.6. The van der Waals surface area contributed by atoms with E-state index in [9.17, 15) is 4.79 Å². The second kappa shape index (κ2) is 6.47. The first-order valence-corrected chi connectivity index (χ1v) is 7.31. The molecule has 0 atom stereocenters. The number of aromatic nitrogens is 2. The first-order chi connectivity index (χ1) is 9.06. The van der Waals surface area contributed by atoms with Crippen molar-refractivity contribution in [3.63, 3.8) is 0 Å². The monoisotopic (exact) mass is 375 g/mol. The summed E-state index contributed by atoms with van der Waals surface area (Å²) in [6, 6.07) is 3.96. The minimum Gasteiger partial charge on any atom is -0.353 e. The standard InChI is InChI=1S/C12H18IN5O/c1-16(2)12(19)9-17-5-7-18(8-6-17)11-4-3-10(13)14-15-11/h3-4H,5-9H2,1-2H3. The second-order valence-electron chi connectivity index (χ2n) is 4.77. The van der Waals surface area contributed by atoms with Crippen LogP contribution in [-0.2, 0) is 4.79 Å². The van der Waals surface area contributed by atoms with Gasteiger partial charge in [-0.15, -0.1) is 10.2 Å². The molecule has 19 heavy (non-hydrogen) atoms. The van der Waals surface area contributed by atoms with Crippen molar-refractivity contribution in [3.05, 3.63) is 15.8 Å². The number of piperazine rings is 1. The van der Waals surface area contributed by atoms with Gasteiger partial charge in [0.2, 0.25) is 5.91 Å². The molecule has 1 aliphatic heterocycles. The van der Waals surface area contributed by atoms with Crippen molar-refractivity contribution < 1.29 is 4.79 Å². The molecule has 1 saturated heterocycles. The Kier molecular flexibility index (Phi) is 4.92. The minimum atomic E-state index is 0.155. The Bertz CT molecular complexity index is 428. The lowest BCUT2D eigenvalue weighted by Gasteiger charge is -2.35. The predicted octanol–water partition coefficient (Wildman–Crippen LogP) is 0.291. The molecule has 1 aromatic rings. The number of carbonyl (C=O) groups is 1. The highest BCUT2D eigenvalue weighted by Gasteiger charge is 2.20. The highest BCUT2D eigenvalue weighted by atomic mass is 127. The molecule has 0 aromatic carbocycles. The van der Waals surface area contributed by atoms with Gasteiger partial charge in [0, 0.05) is 40.3 Å². The van der Waals surface area contributed by atoms with Gasteiger partial charge in [-0.05, 0) is 34.7 Å².